The highest BCUT2D eigenvalue weighted by atomic mass is 79.9. The first-order chi connectivity index (χ1) is 14.2. The molecule has 0 aliphatic rings. The number of aromatic amines is 1. The second-order valence-corrected chi connectivity index (χ2v) is 8.28. The van der Waals surface area contributed by atoms with Gasteiger partial charge in [0.15, 0.2) is 11.0 Å². The molecule has 7 nitrogen and oxygen atoms in total. The zero-order valence-electron chi connectivity index (χ0n) is 15.3. The number of benzene rings is 2. The van der Waals surface area contributed by atoms with E-state index in [1.807, 2.05) is 60.3 Å². The maximum absolute atomic E-state index is 5.39. The SMILES string of the molecule is Cn1c(SCc2nc(-c3ccc(Br)cc3)no2)nnc1-c1c[nH]c2ccccc12. The van der Waals surface area contributed by atoms with Crippen LogP contribution >= 0.6 is 27.7 Å². The Kier molecular flexibility index (Phi) is 4.69. The number of thioether (sulfide) groups is 1. The monoisotopic (exact) mass is 466 g/mol. The number of hydrogen-bond donors (Lipinski definition) is 1. The lowest BCUT2D eigenvalue weighted by Gasteiger charge is -2.02. The second-order valence-electron chi connectivity index (χ2n) is 6.42. The molecular formula is C20H15BrN6OS. The Morgan fingerprint density at radius 3 is 2.79 bits per heavy atom. The zero-order valence-corrected chi connectivity index (χ0v) is 17.7. The number of nitrogens with zero attached hydrogens (tertiary/aromatic N) is 5. The molecule has 0 atom stereocenters. The molecule has 2 aromatic carbocycles. The number of halogens is 1. The van der Waals surface area contributed by atoms with Gasteiger partial charge < -0.3 is 14.1 Å². The predicted molar refractivity (Wildman–Crippen MR) is 115 cm³/mol. The van der Waals surface area contributed by atoms with E-state index in [4.69, 9.17) is 4.52 Å². The highest BCUT2D eigenvalue weighted by Gasteiger charge is 2.16. The van der Waals surface area contributed by atoms with Gasteiger partial charge in [0.25, 0.3) is 0 Å². The van der Waals surface area contributed by atoms with E-state index in [0.29, 0.717) is 17.5 Å². The van der Waals surface area contributed by atoms with E-state index in [9.17, 15) is 0 Å². The summed E-state index contributed by atoms with van der Waals surface area (Å²) in [5.41, 5.74) is 3.01. The smallest absolute Gasteiger partial charge is 0.237 e. The molecule has 3 heterocycles. The summed E-state index contributed by atoms with van der Waals surface area (Å²) in [6, 6.07) is 15.9. The van der Waals surface area contributed by atoms with Crippen LogP contribution in [0.4, 0.5) is 0 Å². The molecule has 144 valence electrons. The molecule has 5 aromatic rings. The summed E-state index contributed by atoms with van der Waals surface area (Å²) in [6.45, 7) is 0. The number of para-hydroxylation sites is 1. The Bertz CT molecular complexity index is 1290. The van der Waals surface area contributed by atoms with Gasteiger partial charge in [-0.15, -0.1) is 10.2 Å². The highest BCUT2D eigenvalue weighted by molar-refractivity contribution is 9.10. The van der Waals surface area contributed by atoms with E-state index in [1.165, 1.54) is 11.8 Å². The van der Waals surface area contributed by atoms with Crippen molar-refractivity contribution in [2.75, 3.05) is 0 Å². The van der Waals surface area contributed by atoms with Gasteiger partial charge in [-0.05, 0) is 30.3 Å². The van der Waals surface area contributed by atoms with Crippen LogP contribution in [0.5, 0.6) is 0 Å². The van der Waals surface area contributed by atoms with Gasteiger partial charge in [-0.3, -0.25) is 0 Å². The van der Waals surface area contributed by atoms with Crippen LogP contribution in [-0.4, -0.2) is 29.9 Å². The number of hydrogen-bond acceptors (Lipinski definition) is 6. The Hall–Kier alpha value is -2.91. The average Bonchev–Trinajstić information content (AvgIpc) is 3.46. The number of fused-ring (bicyclic) bond motifs is 1. The van der Waals surface area contributed by atoms with Gasteiger partial charge in [-0.1, -0.05) is 51.0 Å². The fraction of sp³-hybridized carbons (Fsp3) is 0.100. The third-order valence-corrected chi connectivity index (χ3v) is 6.09. The van der Waals surface area contributed by atoms with Crippen LogP contribution < -0.4 is 0 Å². The molecule has 0 unspecified atom stereocenters. The predicted octanol–water partition coefficient (Wildman–Crippen LogP) is 5.07. The second kappa shape index (κ2) is 7.49. The third-order valence-electron chi connectivity index (χ3n) is 4.56. The molecule has 0 bridgehead atoms. The van der Waals surface area contributed by atoms with Crippen molar-refractivity contribution in [2.45, 2.75) is 10.9 Å². The molecule has 0 aliphatic heterocycles. The zero-order chi connectivity index (χ0) is 19.8. The van der Waals surface area contributed by atoms with Crippen LogP contribution in [0, 0.1) is 0 Å². The Labute approximate surface area is 178 Å². The summed E-state index contributed by atoms with van der Waals surface area (Å²) in [6.07, 6.45) is 1.96. The van der Waals surface area contributed by atoms with Crippen molar-refractivity contribution in [2.24, 2.45) is 7.05 Å². The van der Waals surface area contributed by atoms with Crippen molar-refractivity contribution in [3.05, 3.63) is 65.1 Å². The van der Waals surface area contributed by atoms with Crippen LogP contribution in [0.25, 0.3) is 33.7 Å². The van der Waals surface area contributed by atoms with Crippen LogP contribution in [0.3, 0.4) is 0 Å². The maximum Gasteiger partial charge on any atom is 0.237 e. The molecule has 0 amide bonds. The first kappa shape index (κ1) is 18.1. The van der Waals surface area contributed by atoms with Gasteiger partial charge in [-0.2, -0.15) is 4.98 Å². The summed E-state index contributed by atoms with van der Waals surface area (Å²) in [5, 5.41) is 14.7. The summed E-state index contributed by atoms with van der Waals surface area (Å²) in [4.78, 5) is 7.75. The van der Waals surface area contributed by atoms with Crippen molar-refractivity contribution < 1.29 is 4.52 Å². The summed E-state index contributed by atoms with van der Waals surface area (Å²) in [7, 11) is 1.96. The fourth-order valence-corrected chi connectivity index (χ4v) is 4.10. The minimum absolute atomic E-state index is 0.517. The quantitative estimate of drug-likeness (QED) is 0.364. The van der Waals surface area contributed by atoms with Crippen molar-refractivity contribution in [1.29, 1.82) is 0 Å². The lowest BCUT2D eigenvalue weighted by atomic mass is 10.1. The van der Waals surface area contributed by atoms with Crippen LogP contribution in [-0.2, 0) is 12.8 Å². The van der Waals surface area contributed by atoms with Gasteiger partial charge in [-0.25, -0.2) is 0 Å². The van der Waals surface area contributed by atoms with E-state index in [0.717, 1.165) is 37.5 Å². The van der Waals surface area contributed by atoms with E-state index in [2.05, 4.69) is 47.3 Å². The normalized spacial score (nSPS) is 11.4. The van der Waals surface area contributed by atoms with Gasteiger partial charge in [0.1, 0.15) is 0 Å². The number of nitrogens with one attached hydrogen (secondary N) is 1. The summed E-state index contributed by atoms with van der Waals surface area (Å²) >= 11 is 4.94. The molecule has 29 heavy (non-hydrogen) atoms. The summed E-state index contributed by atoms with van der Waals surface area (Å²) in [5.74, 6) is 2.45. The minimum Gasteiger partial charge on any atom is -0.360 e. The van der Waals surface area contributed by atoms with Gasteiger partial charge in [0.2, 0.25) is 11.7 Å². The molecule has 0 spiro atoms. The van der Waals surface area contributed by atoms with E-state index < -0.39 is 0 Å². The average molecular weight is 467 g/mol. The Morgan fingerprint density at radius 2 is 1.93 bits per heavy atom. The van der Waals surface area contributed by atoms with Crippen molar-refractivity contribution in [3.63, 3.8) is 0 Å². The van der Waals surface area contributed by atoms with Gasteiger partial charge in [0.05, 0.1) is 5.75 Å². The molecule has 0 aliphatic carbocycles. The Balaban J connectivity index is 1.34. The summed E-state index contributed by atoms with van der Waals surface area (Å²) < 4.78 is 8.38. The molecule has 3 aromatic heterocycles. The number of rotatable bonds is 5. The van der Waals surface area contributed by atoms with Crippen molar-refractivity contribution >= 4 is 38.6 Å². The maximum atomic E-state index is 5.39. The molecule has 0 fully saturated rings. The molecular weight excluding hydrogens is 452 g/mol. The lowest BCUT2D eigenvalue weighted by Crippen LogP contribution is -1.94. The number of H-pyrrole nitrogens is 1. The third kappa shape index (κ3) is 3.47. The standard InChI is InChI=1S/C20H15BrN6OS/c1-27-19(15-10-22-16-5-3-2-4-14(15)16)24-25-20(27)29-11-17-23-18(26-28-17)12-6-8-13(21)9-7-12/h2-10,22H,11H2,1H3. The molecule has 5 rings (SSSR count). The topological polar surface area (TPSA) is 85.4 Å². The van der Waals surface area contributed by atoms with Crippen LogP contribution in [0.15, 0.2) is 68.9 Å². The van der Waals surface area contributed by atoms with Crippen LogP contribution in [0.1, 0.15) is 5.89 Å². The molecule has 9 heteroatoms. The first-order valence-electron chi connectivity index (χ1n) is 8.86. The highest BCUT2D eigenvalue weighted by Crippen LogP contribution is 2.30. The van der Waals surface area contributed by atoms with E-state index >= 15 is 0 Å². The van der Waals surface area contributed by atoms with Crippen molar-refractivity contribution in [3.8, 4) is 22.8 Å². The number of aromatic nitrogens is 6. The first-order valence-corrected chi connectivity index (χ1v) is 10.6. The van der Waals surface area contributed by atoms with Gasteiger partial charge >= 0.3 is 0 Å². The van der Waals surface area contributed by atoms with E-state index in [-0.39, 0.29) is 0 Å². The molecule has 0 saturated carbocycles. The largest absolute Gasteiger partial charge is 0.360 e. The molecule has 1 N–H and O–H groups in total. The van der Waals surface area contributed by atoms with Crippen molar-refractivity contribution in [1.82, 2.24) is 29.9 Å². The molecule has 0 saturated heterocycles. The van der Waals surface area contributed by atoms with Crippen LogP contribution in [0.2, 0.25) is 0 Å². The molecule has 0 radical (unpaired) electrons. The van der Waals surface area contributed by atoms with Gasteiger partial charge in [0, 0.05) is 39.7 Å². The minimum atomic E-state index is 0.517. The van der Waals surface area contributed by atoms with E-state index in [1.54, 1.807) is 0 Å². The lowest BCUT2D eigenvalue weighted by molar-refractivity contribution is 0.391. The fourth-order valence-electron chi connectivity index (χ4n) is 3.09. The Morgan fingerprint density at radius 1 is 1.10 bits per heavy atom.